The van der Waals surface area contributed by atoms with E-state index in [1.54, 1.807) is 6.20 Å². The summed E-state index contributed by atoms with van der Waals surface area (Å²) in [4.78, 5) is 6.56. The van der Waals surface area contributed by atoms with Gasteiger partial charge in [0.2, 0.25) is 0 Å². The first-order chi connectivity index (χ1) is 10.6. The molecule has 2 heterocycles. The molecule has 1 aliphatic heterocycles. The average molecular weight is 316 g/mol. The Balaban J connectivity index is 2.02. The zero-order chi connectivity index (χ0) is 15.7. The zero-order valence-electron chi connectivity index (χ0n) is 12.5. The largest absolute Gasteiger partial charge is 0.393 e. The summed E-state index contributed by atoms with van der Waals surface area (Å²) in [6.07, 6.45) is 3.20. The van der Waals surface area contributed by atoms with Gasteiger partial charge in [-0.1, -0.05) is 11.6 Å². The number of hydrogen-bond acceptors (Lipinski definition) is 4. The molecule has 0 amide bonds. The van der Waals surface area contributed by atoms with Crippen LogP contribution in [0.5, 0.6) is 0 Å². The molecule has 4 nitrogen and oxygen atoms in total. The standard InChI is InChI=1S/C17H18ClN3O/c1-11(22)12-4-6-21(7-5-12)17-13(9-19)10-20-16-3-2-14(18)8-15(16)17/h2-3,8,10-12,22H,4-7H2,1H3. The highest BCUT2D eigenvalue weighted by Gasteiger charge is 2.25. The van der Waals surface area contributed by atoms with E-state index in [-0.39, 0.29) is 6.10 Å². The number of nitrogens with zero attached hydrogens (tertiary/aromatic N) is 3. The summed E-state index contributed by atoms with van der Waals surface area (Å²) >= 11 is 6.13. The molecule has 1 aliphatic rings. The number of piperidine rings is 1. The van der Waals surface area contributed by atoms with Crippen molar-refractivity contribution in [1.82, 2.24) is 4.98 Å². The lowest BCUT2D eigenvalue weighted by Gasteiger charge is -2.35. The first kappa shape index (κ1) is 15.1. The Labute approximate surface area is 134 Å². The monoisotopic (exact) mass is 315 g/mol. The molecule has 3 rings (SSSR count). The van der Waals surface area contributed by atoms with Gasteiger partial charge < -0.3 is 10.0 Å². The van der Waals surface area contributed by atoms with E-state index in [0.717, 1.165) is 42.5 Å². The summed E-state index contributed by atoms with van der Waals surface area (Å²) in [5.74, 6) is 0.332. The third kappa shape index (κ3) is 2.75. The number of halogens is 1. The molecule has 1 atom stereocenters. The molecule has 1 saturated heterocycles. The number of aliphatic hydroxyl groups excluding tert-OH is 1. The number of aliphatic hydroxyl groups is 1. The summed E-state index contributed by atoms with van der Waals surface area (Å²) in [5.41, 5.74) is 2.33. The van der Waals surface area contributed by atoms with Crippen molar-refractivity contribution in [2.75, 3.05) is 18.0 Å². The molecule has 0 saturated carbocycles. The number of anilines is 1. The Bertz CT molecular complexity index is 730. The van der Waals surface area contributed by atoms with Crippen molar-refractivity contribution in [2.45, 2.75) is 25.9 Å². The van der Waals surface area contributed by atoms with Crippen molar-refractivity contribution in [3.63, 3.8) is 0 Å². The fourth-order valence-electron chi connectivity index (χ4n) is 3.18. The van der Waals surface area contributed by atoms with Gasteiger partial charge in [-0.15, -0.1) is 0 Å². The second-order valence-corrected chi connectivity index (χ2v) is 6.30. The van der Waals surface area contributed by atoms with Crippen LogP contribution in [0.2, 0.25) is 5.02 Å². The van der Waals surface area contributed by atoms with Gasteiger partial charge in [-0.3, -0.25) is 4.98 Å². The van der Waals surface area contributed by atoms with Crippen molar-refractivity contribution in [3.8, 4) is 6.07 Å². The molecule has 1 unspecified atom stereocenters. The lowest BCUT2D eigenvalue weighted by Crippen LogP contribution is -2.37. The number of nitriles is 1. The maximum atomic E-state index is 9.74. The summed E-state index contributed by atoms with van der Waals surface area (Å²) in [6.45, 7) is 3.51. The molecule has 1 fully saturated rings. The second kappa shape index (κ2) is 6.12. The molecule has 1 aromatic heterocycles. The number of hydrogen-bond donors (Lipinski definition) is 1. The maximum absolute atomic E-state index is 9.74. The summed E-state index contributed by atoms with van der Waals surface area (Å²) < 4.78 is 0. The molecule has 114 valence electrons. The van der Waals surface area contributed by atoms with Gasteiger partial charge in [-0.05, 0) is 43.9 Å². The van der Waals surface area contributed by atoms with Crippen LogP contribution >= 0.6 is 11.6 Å². The van der Waals surface area contributed by atoms with Crippen LogP contribution < -0.4 is 4.90 Å². The third-order valence-electron chi connectivity index (χ3n) is 4.46. The molecule has 0 aliphatic carbocycles. The first-order valence-electron chi connectivity index (χ1n) is 7.51. The molecular weight excluding hydrogens is 298 g/mol. The quantitative estimate of drug-likeness (QED) is 0.923. The van der Waals surface area contributed by atoms with E-state index in [0.29, 0.717) is 16.5 Å². The summed E-state index contributed by atoms with van der Waals surface area (Å²) in [7, 11) is 0. The van der Waals surface area contributed by atoms with E-state index in [1.165, 1.54) is 0 Å². The molecule has 0 spiro atoms. The van der Waals surface area contributed by atoms with Crippen LogP contribution in [0.15, 0.2) is 24.4 Å². The molecule has 1 aromatic carbocycles. The van der Waals surface area contributed by atoms with E-state index >= 15 is 0 Å². The van der Waals surface area contributed by atoms with E-state index in [2.05, 4.69) is 16.0 Å². The van der Waals surface area contributed by atoms with Gasteiger partial charge in [0.05, 0.1) is 22.9 Å². The summed E-state index contributed by atoms with van der Waals surface area (Å²) in [5, 5.41) is 20.7. The Hall–Kier alpha value is -1.83. The molecular formula is C17H18ClN3O. The SMILES string of the molecule is CC(O)C1CCN(c2c(C#N)cnc3ccc(Cl)cc23)CC1. The average Bonchev–Trinajstić information content (AvgIpc) is 2.53. The van der Waals surface area contributed by atoms with Crippen LogP contribution in [-0.2, 0) is 0 Å². The number of aromatic nitrogens is 1. The fourth-order valence-corrected chi connectivity index (χ4v) is 3.35. The predicted octanol–water partition coefficient (Wildman–Crippen LogP) is 3.36. The summed E-state index contributed by atoms with van der Waals surface area (Å²) in [6, 6.07) is 7.81. The van der Waals surface area contributed by atoms with Gasteiger partial charge in [-0.2, -0.15) is 5.26 Å². The van der Waals surface area contributed by atoms with Gasteiger partial charge in [0.15, 0.2) is 0 Å². The molecule has 1 N–H and O–H groups in total. The van der Waals surface area contributed by atoms with Crippen molar-refractivity contribution >= 4 is 28.2 Å². The van der Waals surface area contributed by atoms with E-state index in [9.17, 15) is 10.4 Å². The number of pyridine rings is 1. The Morgan fingerprint density at radius 2 is 2.14 bits per heavy atom. The lowest BCUT2D eigenvalue weighted by molar-refractivity contribution is 0.110. The van der Waals surface area contributed by atoms with E-state index in [1.807, 2.05) is 25.1 Å². The van der Waals surface area contributed by atoms with Gasteiger partial charge in [0.1, 0.15) is 6.07 Å². The van der Waals surface area contributed by atoms with Crippen LogP contribution in [0.3, 0.4) is 0 Å². The number of rotatable bonds is 2. The van der Waals surface area contributed by atoms with E-state index < -0.39 is 0 Å². The van der Waals surface area contributed by atoms with Crippen molar-refractivity contribution in [3.05, 3.63) is 35.0 Å². The molecule has 0 radical (unpaired) electrons. The van der Waals surface area contributed by atoms with Gasteiger partial charge >= 0.3 is 0 Å². The highest BCUT2D eigenvalue weighted by molar-refractivity contribution is 6.31. The predicted molar refractivity (Wildman–Crippen MR) is 88.1 cm³/mol. The Morgan fingerprint density at radius 3 is 2.77 bits per heavy atom. The highest BCUT2D eigenvalue weighted by Crippen LogP contribution is 2.34. The minimum Gasteiger partial charge on any atom is -0.393 e. The van der Waals surface area contributed by atoms with Gasteiger partial charge in [-0.25, -0.2) is 0 Å². The van der Waals surface area contributed by atoms with Crippen LogP contribution in [-0.4, -0.2) is 29.3 Å². The first-order valence-corrected chi connectivity index (χ1v) is 7.89. The van der Waals surface area contributed by atoms with Gasteiger partial charge in [0, 0.05) is 29.7 Å². The minimum absolute atomic E-state index is 0.277. The number of fused-ring (bicyclic) bond motifs is 1. The fraction of sp³-hybridized carbons (Fsp3) is 0.412. The molecule has 0 bridgehead atoms. The smallest absolute Gasteiger partial charge is 0.103 e. The van der Waals surface area contributed by atoms with Gasteiger partial charge in [0.25, 0.3) is 0 Å². The highest BCUT2D eigenvalue weighted by atomic mass is 35.5. The van der Waals surface area contributed by atoms with Crippen LogP contribution in [0.1, 0.15) is 25.3 Å². The Morgan fingerprint density at radius 1 is 1.41 bits per heavy atom. The zero-order valence-corrected chi connectivity index (χ0v) is 13.2. The Kier molecular flexibility index (Phi) is 4.19. The molecule has 5 heteroatoms. The normalized spacial score (nSPS) is 17.5. The maximum Gasteiger partial charge on any atom is 0.103 e. The third-order valence-corrected chi connectivity index (χ3v) is 4.70. The van der Waals surface area contributed by atoms with Crippen molar-refractivity contribution in [2.24, 2.45) is 5.92 Å². The minimum atomic E-state index is -0.277. The van der Waals surface area contributed by atoms with Crippen LogP contribution in [0.4, 0.5) is 5.69 Å². The topological polar surface area (TPSA) is 60.1 Å². The second-order valence-electron chi connectivity index (χ2n) is 5.86. The van der Waals surface area contributed by atoms with Crippen LogP contribution in [0, 0.1) is 17.2 Å². The van der Waals surface area contributed by atoms with Crippen LogP contribution in [0.25, 0.3) is 10.9 Å². The lowest BCUT2D eigenvalue weighted by atomic mass is 9.91. The number of benzene rings is 1. The molecule has 2 aromatic rings. The van der Waals surface area contributed by atoms with Crippen molar-refractivity contribution < 1.29 is 5.11 Å². The molecule has 22 heavy (non-hydrogen) atoms. The van der Waals surface area contributed by atoms with E-state index in [4.69, 9.17) is 11.6 Å². The van der Waals surface area contributed by atoms with Crippen molar-refractivity contribution in [1.29, 1.82) is 5.26 Å².